The Morgan fingerprint density at radius 1 is 1.44 bits per heavy atom. The van der Waals surface area contributed by atoms with E-state index in [1.165, 1.54) is 43.4 Å². The molecule has 1 amide bonds. The Morgan fingerprint density at radius 2 is 2.16 bits per heavy atom. The van der Waals surface area contributed by atoms with Gasteiger partial charge < -0.3 is 15.4 Å². The normalized spacial score (nSPS) is 24.4. The predicted octanol–water partition coefficient (Wildman–Crippen LogP) is 3.27. The zero-order valence-electron chi connectivity index (χ0n) is 15.2. The van der Waals surface area contributed by atoms with E-state index in [0.717, 1.165) is 24.5 Å². The number of hydrogen-bond donors (Lipinski definition) is 1. The van der Waals surface area contributed by atoms with Crippen molar-refractivity contribution in [1.29, 1.82) is 0 Å². The van der Waals surface area contributed by atoms with Crippen molar-refractivity contribution in [3.05, 3.63) is 16.1 Å². The number of nitrogens with zero attached hydrogens (tertiary/aromatic N) is 2. The zero-order chi connectivity index (χ0) is 17.2. The largest absolute Gasteiger partial charge is 0.378 e. The SMILES string of the molecule is CCOC1CC(N(C)C(=O)c2csc(CCN)n2)C12CCCCC2.Cl. The van der Waals surface area contributed by atoms with E-state index in [4.69, 9.17) is 10.5 Å². The molecule has 25 heavy (non-hydrogen) atoms. The molecule has 2 atom stereocenters. The molecule has 0 bridgehead atoms. The number of carbonyl (C=O) groups is 1. The van der Waals surface area contributed by atoms with E-state index in [0.29, 0.717) is 18.3 Å². The molecule has 0 saturated heterocycles. The van der Waals surface area contributed by atoms with Crippen LogP contribution in [0.2, 0.25) is 0 Å². The van der Waals surface area contributed by atoms with Crippen molar-refractivity contribution in [2.75, 3.05) is 20.2 Å². The van der Waals surface area contributed by atoms with Gasteiger partial charge in [-0.15, -0.1) is 23.7 Å². The van der Waals surface area contributed by atoms with Crippen LogP contribution in [0.3, 0.4) is 0 Å². The summed E-state index contributed by atoms with van der Waals surface area (Å²) in [6.07, 6.45) is 8.16. The molecule has 1 aromatic heterocycles. The number of aromatic nitrogens is 1. The van der Waals surface area contributed by atoms with Crippen LogP contribution in [0.1, 0.15) is 60.9 Å². The number of amides is 1. The summed E-state index contributed by atoms with van der Waals surface area (Å²) < 4.78 is 6.01. The summed E-state index contributed by atoms with van der Waals surface area (Å²) in [4.78, 5) is 19.3. The maximum absolute atomic E-state index is 12.9. The second-order valence-corrected chi connectivity index (χ2v) is 8.01. The number of carbonyl (C=O) groups excluding carboxylic acids is 1. The van der Waals surface area contributed by atoms with Crippen LogP contribution in [0.15, 0.2) is 5.38 Å². The van der Waals surface area contributed by atoms with Crippen molar-refractivity contribution < 1.29 is 9.53 Å². The molecule has 0 aliphatic heterocycles. The number of ether oxygens (including phenoxy) is 1. The fourth-order valence-corrected chi connectivity index (χ4v) is 5.33. The molecular formula is C18H30ClN3O2S. The lowest BCUT2D eigenvalue weighted by molar-refractivity contribution is -0.170. The average Bonchev–Trinajstić information content (AvgIpc) is 3.07. The van der Waals surface area contributed by atoms with E-state index in [-0.39, 0.29) is 29.8 Å². The van der Waals surface area contributed by atoms with Crippen LogP contribution < -0.4 is 5.73 Å². The summed E-state index contributed by atoms with van der Waals surface area (Å²) in [6.45, 7) is 3.39. The molecule has 0 aromatic carbocycles. The van der Waals surface area contributed by atoms with Crippen molar-refractivity contribution in [3.63, 3.8) is 0 Å². The number of thiazole rings is 1. The lowest BCUT2D eigenvalue weighted by Crippen LogP contribution is -2.65. The van der Waals surface area contributed by atoms with Gasteiger partial charge in [-0.05, 0) is 32.7 Å². The highest BCUT2D eigenvalue weighted by Crippen LogP contribution is 2.55. The predicted molar refractivity (Wildman–Crippen MR) is 104 cm³/mol. The lowest BCUT2D eigenvalue weighted by Gasteiger charge is -2.60. The Kier molecular flexibility index (Phi) is 7.26. The summed E-state index contributed by atoms with van der Waals surface area (Å²) in [7, 11) is 1.94. The second-order valence-electron chi connectivity index (χ2n) is 7.07. The molecule has 1 spiro atoms. The maximum atomic E-state index is 12.9. The molecule has 2 N–H and O–H groups in total. The van der Waals surface area contributed by atoms with Crippen molar-refractivity contribution in [2.45, 2.75) is 64.0 Å². The lowest BCUT2D eigenvalue weighted by atomic mass is 9.54. The van der Waals surface area contributed by atoms with Crippen LogP contribution in [-0.4, -0.2) is 48.1 Å². The molecule has 142 valence electrons. The van der Waals surface area contributed by atoms with Crippen LogP contribution in [0.4, 0.5) is 0 Å². The first-order valence-electron chi connectivity index (χ1n) is 9.15. The molecule has 2 saturated carbocycles. The fraction of sp³-hybridized carbons (Fsp3) is 0.778. The van der Waals surface area contributed by atoms with Crippen molar-refractivity contribution in [2.24, 2.45) is 11.1 Å². The van der Waals surface area contributed by atoms with Crippen molar-refractivity contribution in [3.8, 4) is 0 Å². The van der Waals surface area contributed by atoms with E-state index in [9.17, 15) is 4.79 Å². The molecule has 2 fully saturated rings. The van der Waals surface area contributed by atoms with Gasteiger partial charge in [0, 0.05) is 36.9 Å². The van der Waals surface area contributed by atoms with Crippen molar-refractivity contribution in [1.82, 2.24) is 9.88 Å². The van der Waals surface area contributed by atoms with Crippen LogP contribution in [0, 0.1) is 5.41 Å². The van der Waals surface area contributed by atoms with Crippen LogP contribution in [0.5, 0.6) is 0 Å². The number of nitrogens with two attached hydrogens (primary N) is 1. The smallest absolute Gasteiger partial charge is 0.273 e. The summed E-state index contributed by atoms with van der Waals surface area (Å²) in [5.74, 6) is 0.0411. The van der Waals surface area contributed by atoms with Gasteiger partial charge in [0.25, 0.3) is 5.91 Å². The molecule has 1 heterocycles. The fourth-order valence-electron chi connectivity index (χ4n) is 4.54. The molecule has 2 aliphatic rings. The van der Waals surface area contributed by atoms with Crippen LogP contribution >= 0.6 is 23.7 Å². The van der Waals surface area contributed by atoms with Gasteiger partial charge in [0.15, 0.2) is 0 Å². The molecule has 5 nitrogen and oxygen atoms in total. The second kappa shape index (κ2) is 8.80. The van der Waals surface area contributed by atoms with Gasteiger partial charge in [0.2, 0.25) is 0 Å². The van der Waals surface area contributed by atoms with Gasteiger partial charge in [-0.2, -0.15) is 0 Å². The summed E-state index contributed by atoms with van der Waals surface area (Å²) in [5.41, 5.74) is 6.31. The van der Waals surface area contributed by atoms with Gasteiger partial charge >= 0.3 is 0 Å². The van der Waals surface area contributed by atoms with Crippen molar-refractivity contribution >= 4 is 29.7 Å². The topological polar surface area (TPSA) is 68.5 Å². The van der Waals surface area contributed by atoms with Gasteiger partial charge in [0.05, 0.1) is 11.1 Å². The average molecular weight is 388 g/mol. The van der Waals surface area contributed by atoms with E-state index >= 15 is 0 Å². The Hall–Kier alpha value is -0.690. The third kappa shape index (κ3) is 3.87. The molecule has 2 unspecified atom stereocenters. The van der Waals surface area contributed by atoms with Gasteiger partial charge in [-0.1, -0.05) is 19.3 Å². The summed E-state index contributed by atoms with van der Waals surface area (Å²) >= 11 is 1.53. The Labute approximate surface area is 160 Å². The van der Waals surface area contributed by atoms with E-state index in [1.54, 1.807) is 0 Å². The summed E-state index contributed by atoms with van der Waals surface area (Å²) in [6, 6.07) is 0.279. The molecule has 7 heteroatoms. The Bertz CT molecular complexity index is 574. The minimum atomic E-state index is 0. The first kappa shape index (κ1) is 20.6. The standard InChI is InChI=1S/C18H29N3O2S.ClH/c1-3-23-15-11-14(18(15)8-5-4-6-9-18)21(2)17(22)13-12-24-16(20-13)7-10-19;/h12,14-15H,3-11,19H2,1-2H3;1H. The summed E-state index contributed by atoms with van der Waals surface area (Å²) in [5, 5.41) is 2.82. The van der Waals surface area contributed by atoms with Gasteiger partial charge in [-0.3, -0.25) is 4.79 Å². The number of halogens is 1. The number of rotatable bonds is 6. The molecular weight excluding hydrogens is 358 g/mol. The molecule has 3 rings (SSSR count). The molecule has 1 aromatic rings. The first-order chi connectivity index (χ1) is 11.6. The quantitative estimate of drug-likeness (QED) is 0.813. The maximum Gasteiger partial charge on any atom is 0.273 e. The van der Waals surface area contributed by atoms with Crippen LogP contribution in [0.25, 0.3) is 0 Å². The van der Waals surface area contributed by atoms with E-state index < -0.39 is 0 Å². The third-order valence-corrected chi connectivity index (χ3v) is 6.72. The Morgan fingerprint density at radius 3 is 2.80 bits per heavy atom. The minimum absolute atomic E-state index is 0. The van der Waals surface area contributed by atoms with Gasteiger partial charge in [0.1, 0.15) is 5.69 Å². The highest BCUT2D eigenvalue weighted by molar-refractivity contribution is 7.09. The highest BCUT2D eigenvalue weighted by Gasteiger charge is 2.57. The molecule has 2 aliphatic carbocycles. The monoisotopic (exact) mass is 387 g/mol. The minimum Gasteiger partial charge on any atom is -0.378 e. The highest BCUT2D eigenvalue weighted by atomic mass is 35.5. The molecule has 0 radical (unpaired) electrons. The van der Waals surface area contributed by atoms with E-state index in [1.807, 2.05) is 17.3 Å². The van der Waals surface area contributed by atoms with Gasteiger partial charge in [-0.25, -0.2) is 4.98 Å². The Balaban J connectivity index is 0.00000225. The number of hydrogen-bond acceptors (Lipinski definition) is 5. The van der Waals surface area contributed by atoms with E-state index in [2.05, 4.69) is 11.9 Å². The third-order valence-electron chi connectivity index (χ3n) is 5.81. The first-order valence-corrected chi connectivity index (χ1v) is 10.0. The zero-order valence-corrected chi connectivity index (χ0v) is 16.8. The van der Waals surface area contributed by atoms with Crippen LogP contribution in [-0.2, 0) is 11.2 Å².